The topological polar surface area (TPSA) is 50.7 Å². The van der Waals surface area contributed by atoms with Crippen LogP contribution in [0, 0.1) is 5.82 Å². The second-order valence-corrected chi connectivity index (χ2v) is 5.58. The Balaban J connectivity index is 2.16. The number of rotatable bonds is 5. The van der Waals surface area contributed by atoms with Crippen LogP contribution < -0.4 is 5.69 Å². The molecule has 2 rings (SSSR count). The summed E-state index contributed by atoms with van der Waals surface area (Å²) < 4.78 is 14.5. The fourth-order valence-corrected chi connectivity index (χ4v) is 2.78. The normalized spacial score (nSPS) is 12.6. The largest absolute Gasteiger partial charge is 0.343 e. The van der Waals surface area contributed by atoms with E-state index in [1.54, 1.807) is 16.7 Å². The first-order valence-corrected chi connectivity index (χ1v) is 7.07. The number of hydrogen-bond donors (Lipinski definition) is 1. The minimum absolute atomic E-state index is 0.103. The Bertz CT molecular complexity index is 591. The molecule has 1 atom stereocenters. The highest BCUT2D eigenvalue weighted by Gasteiger charge is 2.14. The number of nitrogens with zero attached hydrogens (tertiary/aromatic N) is 2. The first-order valence-electron chi connectivity index (χ1n) is 6.19. The average Bonchev–Trinajstić information content (AvgIpc) is 2.73. The molecule has 1 aromatic carbocycles. The number of H-pyrrole nitrogens is 1. The molecule has 1 N–H and O–H groups in total. The number of halogens is 1. The summed E-state index contributed by atoms with van der Waals surface area (Å²) in [7, 11) is 0. The highest BCUT2D eigenvalue weighted by atomic mass is 32.2. The molecule has 0 bridgehead atoms. The Hall–Kier alpha value is -1.56. The van der Waals surface area contributed by atoms with Crippen molar-refractivity contribution < 1.29 is 4.39 Å². The van der Waals surface area contributed by atoms with Crippen molar-refractivity contribution in [3.05, 3.63) is 46.1 Å². The van der Waals surface area contributed by atoms with Crippen LogP contribution in [-0.2, 0) is 6.54 Å². The number of aromatic nitrogens is 3. The Kier molecular flexibility index (Phi) is 4.42. The van der Waals surface area contributed by atoms with Crippen LogP contribution in [0.5, 0.6) is 0 Å². The van der Waals surface area contributed by atoms with E-state index < -0.39 is 0 Å². The van der Waals surface area contributed by atoms with Gasteiger partial charge in [0.25, 0.3) is 0 Å². The van der Waals surface area contributed by atoms with Crippen LogP contribution in [0.15, 0.2) is 34.2 Å². The van der Waals surface area contributed by atoms with Crippen molar-refractivity contribution in [1.29, 1.82) is 0 Å². The third-order valence-corrected chi connectivity index (χ3v) is 3.94. The van der Waals surface area contributed by atoms with E-state index in [2.05, 4.69) is 10.2 Å². The van der Waals surface area contributed by atoms with E-state index in [1.165, 1.54) is 23.9 Å². The van der Waals surface area contributed by atoms with Crippen LogP contribution in [0.25, 0.3) is 0 Å². The van der Waals surface area contributed by atoms with E-state index in [0.29, 0.717) is 11.7 Å². The molecule has 6 heteroatoms. The second kappa shape index (κ2) is 6.06. The minimum Gasteiger partial charge on any atom is -0.270 e. The number of aromatic amines is 1. The average molecular weight is 281 g/mol. The summed E-state index contributed by atoms with van der Waals surface area (Å²) >= 11 is 1.49. The van der Waals surface area contributed by atoms with Gasteiger partial charge in [-0.1, -0.05) is 30.8 Å². The molecule has 0 fully saturated rings. The lowest BCUT2D eigenvalue weighted by Gasteiger charge is -2.11. The molecule has 102 valence electrons. The van der Waals surface area contributed by atoms with Crippen molar-refractivity contribution in [1.82, 2.24) is 14.8 Å². The van der Waals surface area contributed by atoms with Crippen molar-refractivity contribution in [2.75, 3.05) is 0 Å². The molecule has 0 aliphatic rings. The maximum atomic E-state index is 12.9. The molecule has 1 heterocycles. The van der Waals surface area contributed by atoms with E-state index >= 15 is 0 Å². The Morgan fingerprint density at radius 1 is 1.42 bits per heavy atom. The number of thioether (sulfide) groups is 1. The molecule has 0 amide bonds. The predicted octanol–water partition coefficient (Wildman–Crippen LogP) is 2.97. The van der Waals surface area contributed by atoms with Crippen molar-refractivity contribution in [2.45, 2.75) is 37.2 Å². The molecule has 0 saturated carbocycles. The molecule has 4 nitrogen and oxygen atoms in total. The van der Waals surface area contributed by atoms with Crippen molar-refractivity contribution in [2.24, 2.45) is 0 Å². The quantitative estimate of drug-likeness (QED) is 0.857. The zero-order valence-electron chi connectivity index (χ0n) is 10.9. The summed E-state index contributed by atoms with van der Waals surface area (Å²) in [5.74, 6) is -0.247. The maximum Gasteiger partial charge on any atom is 0.343 e. The van der Waals surface area contributed by atoms with Gasteiger partial charge < -0.3 is 0 Å². The first kappa shape index (κ1) is 13.9. The molecule has 0 aliphatic heterocycles. The third kappa shape index (κ3) is 3.26. The van der Waals surface area contributed by atoms with Crippen LogP contribution >= 0.6 is 11.8 Å². The van der Waals surface area contributed by atoms with Crippen LogP contribution in [0.4, 0.5) is 4.39 Å². The summed E-state index contributed by atoms with van der Waals surface area (Å²) in [5.41, 5.74) is 0.820. The van der Waals surface area contributed by atoms with Crippen molar-refractivity contribution in [3.63, 3.8) is 0 Å². The van der Waals surface area contributed by atoms with Gasteiger partial charge in [-0.25, -0.2) is 14.3 Å². The van der Waals surface area contributed by atoms with E-state index in [9.17, 15) is 9.18 Å². The SMILES string of the molecule is CCCn1c(S[C@@H](C)c2ccc(F)cc2)n[nH]c1=O. The third-order valence-electron chi connectivity index (χ3n) is 2.79. The van der Waals surface area contributed by atoms with Crippen LogP contribution in [0.2, 0.25) is 0 Å². The fraction of sp³-hybridized carbons (Fsp3) is 0.385. The Labute approximate surface area is 115 Å². The molecule has 1 aromatic heterocycles. The molecule has 0 aliphatic carbocycles. The van der Waals surface area contributed by atoms with E-state index in [-0.39, 0.29) is 16.8 Å². The summed E-state index contributed by atoms with van der Waals surface area (Å²) in [6, 6.07) is 6.38. The Morgan fingerprint density at radius 3 is 2.74 bits per heavy atom. The fourth-order valence-electron chi connectivity index (χ4n) is 1.77. The highest BCUT2D eigenvalue weighted by Crippen LogP contribution is 2.32. The van der Waals surface area contributed by atoms with Gasteiger partial charge in [0.15, 0.2) is 5.16 Å². The molecular formula is C13H16FN3OS. The summed E-state index contributed by atoms with van der Waals surface area (Å²) in [4.78, 5) is 11.6. The van der Waals surface area contributed by atoms with Gasteiger partial charge in [0, 0.05) is 11.8 Å². The van der Waals surface area contributed by atoms with E-state index in [1.807, 2.05) is 13.8 Å². The molecular weight excluding hydrogens is 265 g/mol. The smallest absolute Gasteiger partial charge is 0.270 e. The molecule has 0 radical (unpaired) electrons. The first-order chi connectivity index (χ1) is 9.11. The number of benzene rings is 1. The zero-order valence-corrected chi connectivity index (χ0v) is 11.7. The molecule has 0 unspecified atom stereocenters. The minimum atomic E-state index is -0.247. The lowest BCUT2D eigenvalue weighted by atomic mass is 10.2. The van der Waals surface area contributed by atoms with Gasteiger partial charge in [0.05, 0.1) is 0 Å². The zero-order chi connectivity index (χ0) is 13.8. The van der Waals surface area contributed by atoms with Gasteiger partial charge in [-0.2, -0.15) is 0 Å². The molecule has 2 aromatic rings. The summed E-state index contributed by atoms with van der Waals surface area (Å²) in [5, 5.41) is 7.27. The highest BCUT2D eigenvalue weighted by molar-refractivity contribution is 7.99. The van der Waals surface area contributed by atoms with E-state index in [0.717, 1.165) is 12.0 Å². The summed E-state index contributed by atoms with van der Waals surface area (Å²) in [6.07, 6.45) is 0.873. The van der Waals surface area contributed by atoms with Crippen molar-refractivity contribution >= 4 is 11.8 Å². The van der Waals surface area contributed by atoms with E-state index in [4.69, 9.17) is 0 Å². The number of hydrogen-bond acceptors (Lipinski definition) is 3. The van der Waals surface area contributed by atoms with Gasteiger partial charge >= 0.3 is 5.69 Å². The monoisotopic (exact) mass is 281 g/mol. The molecule has 19 heavy (non-hydrogen) atoms. The lowest BCUT2D eigenvalue weighted by Crippen LogP contribution is -2.17. The van der Waals surface area contributed by atoms with Gasteiger partial charge in [-0.15, -0.1) is 5.10 Å². The van der Waals surface area contributed by atoms with Crippen LogP contribution in [0.1, 0.15) is 31.1 Å². The summed E-state index contributed by atoms with van der Waals surface area (Å²) in [6.45, 7) is 4.67. The van der Waals surface area contributed by atoms with Gasteiger partial charge in [0.2, 0.25) is 0 Å². The predicted molar refractivity (Wildman–Crippen MR) is 73.8 cm³/mol. The van der Waals surface area contributed by atoms with Crippen LogP contribution in [-0.4, -0.2) is 14.8 Å². The Morgan fingerprint density at radius 2 is 2.11 bits per heavy atom. The second-order valence-electron chi connectivity index (χ2n) is 4.27. The number of nitrogens with one attached hydrogen (secondary N) is 1. The van der Waals surface area contributed by atoms with Crippen LogP contribution in [0.3, 0.4) is 0 Å². The van der Waals surface area contributed by atoms with Gasteiger partial charge in [-0.05, 0) is 31.0 Å². The van der Waals surface area contributed by atoms with Gasteiger partial charge in [0.1, 0.15) is 5.82 Å². The maximum absolute atomic E-state index is 12.9. The lowest BCUT2D eigenvalue weighted by molar-refractivity contribution is 0.603. The standard InChI is InChI=1S/C13H16FN3OS/c1-3-8-17-12(18)15-16-13(17)19-9(2)10-4-6-11(14)7-5-10/h4-7,9H,3,8H2,1-2H3,(H,15,18)/t9-/m0/s1. The van der Waals surface area contributed by atoms with Crippen molar-refractivity contribution in [3.8, 4) is 0 Å². The molecule has 0 saturated heterocycles. The molecule has 0 spiro atoms. The van der Waals surface area contributed by atoms with Gasteiger partial charge in [-0.3, -0.25) is 4.57 Å².